The number of aliphatic carboxylic acids is 1. The Balaban J connectivity index is 0.00000225. The Morgan fingerprint density at radius 3 is 2.44 bits per heavy atom. The van der Waals surface area contributed by atoms with E-state index in [-0.39, 0.29) is 47.3 Å². The number of amides is 1. The van der Waals surface area contributed by atoms with Crippen molar-refractivity contribution in [3.63, 3.8) is 0 Å². The maximum atomic E-state index is 12.3. The van der Waals surface area contributed by atoms with Crippen LogP contribution in [0.25, 0.3) is 5.69 Å². The molecule has 1 fully saturated rings. The largest absolute Gasteiger partial charge is 1.00 e. The molecule has 1 heterocycles. The van der Waals surface area contributed by atoms with Gasteiger partial charge < -0.3 is 15.2 Å². The zero-order valence-electron chi connectivity index (χ0n) is 14.7. The molecule has 1 N–H and O–H groups in total. The summed E-state index contributed by atoms with van der Waals surface area (Å²) in [7, 11) is 0. The number of rotatable bonds is 5. The fourth-order valence-corrected chi connectivity index (χ4v) is 3.41. The molecule has 1 aromatic carbocycles. The van der Waals surface area contributed by atoms with E-state index in [0.717, 1.165) is 11.3 Å². The van der Waals surface area contributed by atoms with Crippen LogP contribution in [-0.4, -0.2) is 21.7 Å². The van der Waals surface area contributed by atoms with Gasteiger partial charge >= 0.3 is 29.6 Å². The molecule has 25 heavy (non-hydrogen) atoms. The summed E-state index contributed by atoms with van der Waals surface area (Å²) in [6.07, 6.45) is 3.54. The van der Waals surface area contributed by atoms with Crippen molar-refractivity contribution in [3.8, 4) is 5.69 Å². The Hall–Kier alpha value is -1.63. The second-order valence-electron chi connectivity index (χ2n) is 6.44. The fourth-order valence-electron chi connectivity index (χ4n) is 3.41. The number of nitrogens with zero attached hydrogens (tertiary/aromatic N) is 2. The molecule has 4 atom stereocenters. The molecular weight excluding hydrogens is 329 g/mol. The smallest absolute Gasteiger partial charge is 0.550 e. The average molecular weight is 349 g/mol. The Morgan fingerprint density at radius 2 is 1.80 bits per heavy atom. The Morgan fingerprint density at radius 1 is 1.16 bits per heavy atom. The number of carbonyl (C=O) groups excluding carboxylic acids is 2. The van der Waals surface area contributed by atoms with Gasteiger partial charge in [0.25, 0.3) is 0 Å². The van der Waals surface area contributed by atoms with E-state index in [1.165, 1.54) is 0 Å². The van der Waals surface area contributed by atoms with Crippen LogP contribution in [-0.2, 0) is 16.1 Å². The molecule has 1 amide bonds. The number of carboxylic acid groups (broad SMARTS) is 1. The van der Waals surface area contributed by atoms with Gasteiger partial charge in [-0.3, -0.25) is 4.79 Å². The van der Waals surface area contributed by atoms with Gasteiger partial charge in [-0.25, -0.2) is 4.68 Å². The normalized spacial score (nSPS) is 24.7. The molecule has 0 spiro atoms. The van der Waals surface area contributed by atoms with E-state index >= 15 is 0 Å². The molecule has 126 valence electrons. The van der Waals surface area contributed by atoms with E-state index in [1.807, 2.05) is 50.4 Å². The standard InChI is InChI=1S/C18H21N3O3.Na/c1-11-12(2)16(18(23)24)15(11)17(22)19-8-13-9-20-21(10-13)14-6-4-3-5-7-14;/h3-7,9-12,15-16H,8H2,1-2H3,(H,19,22)(H,23,24);/q;+1/p-1/t11?,12?,15-,16+;/m0./s1. The number of benzene rings is 1. The summed E-state index contributed by atoms with van der Waals surface area (Å²) in [5.74, 6) is -2.59. The summed E-state index contributed by atoms with van der Waals surface area (Å²) in [5.41, 5.74) is 1.80. The van der Waals surface area contributed by atoms with Crippen LogP contribution < -0.4 is 40.0 Å². The number of para-hydroxylation sites is 1. The molecule has 1 aromatic heterocycles. The Labute approximate surface area is 168 Å². The second kappa shape index (κ2) is 8.17. The summed E-state index contributed by atoms with van der Waals surface area (Å²) in [5, 5.41) is 18.3. The van der Waals surface area contributed by atoms with Gasteiger partial charge in [0.2, 0.25) is 5.91 Å². The van der Waals surface area contributed by atoms with Crippen molar-refractivity contribution in [1.82, 2.24) is 15.1 Å². The van der Waals surface area contributed by atoms with Crippen molar-refractivity contribution in [3.05, 3.63) is 48.3 Å². The molecule has 6 nitrogen and oxygen atoms in total. The van der Waals surface area contributed by atoms with E-state index in [2.05, 4.69) is 10.4 Å². The summed E-state index contributed by atoms with van der Waals surface area (Å²) in [6, 6.07) is 9.67. The molecule has 1 saturated carbocycles. The predicted molar refractivity (Wildman–Crippen MR) is 85.7 cm³/mol. The SMILES string of the molecule is CC1C(C)[C@H](C(=O)NCc2cnn(-c3ccccc3)c2)[C@@H]1C(=O)[O-].[Na+]. The van der Waals surface area contributed by atoms with Gasteiger partial charge in [-0.15, -0.1) is 0 Å². The molecule has 1 aliphatic rings. The van der Waals surface area contributed by atoms with Gasteiger partial charge in [0, 0.05) is 36.1 Å². The third kappa shape index (κ3) is 3.97. The van der Waals surface area contributed by atoms with Gasteiger partial charge in [-0.05, 0) is 24.0 Å². The average Bonchev–Trinajstić information content (AvgIpc) is 3.06. The molecule has 0 bridgehead atoms. The van der Waals surface area contributed by atoms with E-state index in [1.54, 1.807) is 10.9 Å². The summed E-state index contributed by atoms with van der Waals surface area (Å²) in [4.78, 5) is 23.5. The van der Waals surface area contributed by atoms with Crippen molar-refractivity contribution in [2.24, 2.45) is 23.7 Å². The topological polar surface area (TPSA) is 87.0 Å². The van der Waals surface area contributed by atoms with Crippen LogP contribution in [0.5, 0.6) is 0 Å². The Kier molecular flexibility index (Phi) is 6.43. The maximum absolute atomic E-state index is 12.3. The van der Waals surface area contributed by atoms with E-state index in [9.17, 15) is 14.7 Å². The second-order valence-corrected chi connectivity index (χ2v) is 6.44. The van der Waals surface area contributed by atoms with Crippen LogP contribution in [0.1, 0.15) is 19.4 Å². The molecule has 0 saturated heterocycles. The fraction of sp³-hybridized carbons (Fsp3) is 0.389. The number of hydrogen-bond donors (Lipinski definition) is 1. The molecular formula is C18H20N3NaO3. The molecule has 3 rings (SSSR count). The molecule has 0 aliphatic heterocycles. The van der Waals surface area contributed by atoms with Crippen LogP contribution in [0.15, 0.2) is 42.7 Å². The minimum atomic E-state index is -1.14. The summed E-state index contributed by atoms with van der Waals surface area (Å²) in [6.45, 7) is 4.07. The van der Waals surface area contributed by atoms with Crippen molar-refractivity contribution in [2.45, 2.75) is 20.4 Å². The number of carbonyl (C=O) groups is 2. The number of nitrogens with one attached hydrogen (secondary N) is 1. The predicted octanol–water partition coefficient (Wildman–Crippen LogP) is -2.24. The van der Waals surface area contributed by atoms with Gasteiger partial charge in [-0.1, -0.05) is 32.0 Å². The van der Waals surface area contributed by atoms with Crippen molar-refractivity contribution < 1.29 is 44.3 Å². The van der Waals surface area contributed by atoms with Crippen molar-refractivity contribution >= 4 is 11.9 Å². The van der Waals surface area contributed by atoms with E-state index in [0.29, 0.717) is 6.54 Å². The first-order valence-electron chi connectivity index (χ1n) is 8.06. The molecule has 0 radical (unpaired) electrons. The van der Waals surface area contributed by atoms with Crippen LogP contribution in [0.2, 0.25) is 0 Å². The minimum Gasteiger partial charge on any atom is -0.550 e. The zero-order valence-corrected chi connectivity index (χ0v) is 16.7. The van der Waals surface area contributed by atoms with Gasteiger partial charge in [0.05, 0.1) is 11.9 Å². The third-order valence-corrected chi connectivity index (χ3v) is 5.05. The zero-order chi connectivity index (χ0) is 17.3. The number of hydrogen-bond acceptors (Lipinski definition) is 4. The van der Waals surface area contributed by atoms with Gasteiger partial charge in [0.1, 0.15) is 0 Å². The molecule has 7 heteroatoms. The third-order valence-electron chi connectivity index (χ3n) is 5.05. The van der Waals surface area contributed by atoms with Crippen LogP contribution >= 0.6 is 0 Å². The van der Waals surface area contributed by atoms with Crippen LogP contribution in [0, 0.1) is 23.7 Å². The molecule has 2 aromatic rings. The Bertz CT molecular complexity index is 747. The molecule has 2 unspecified atom stereocenters. The summed E-state index contributed by atoms with van der Waals surface area (Å²) < 4.78 is 1.74. The van der Waals surface area contributed by atoms with E-state index < -0.39 is 17.8 Å². The first-order valence-corrected chi connectivity index (χ1v) is 8.06. The maximum Gasteiger partial charge on any atom is 1.00 e. The van der Waals surface area contributed by atoms with Crippen LogP contribution in [0.3, 0.4) is 0 Å². The first-order chi connectivity index (χ1) is 11.5. The van der Waals surface area contributed by atoms with Gasteiger partial charge in [-0.2, -0.15) is 5.10 Å². The minimum absolute atomic E-state index is 0. The van der Waals surface area contributed by atoms with Crippen molar-refractivity contribution in [2.75, 3.05) is 0 Å². The van der Waals surface area contributed by atoms with E-state index in [4.69, 9.17) is 0 Å². The number of carboxylic acids is 1. The monoisotopic (exact) mass is 349 g/mol. The molecule has 1 aliphatic carbocycles. The van der Waals surface area contributed by atoms with Crippen molar-refractivity contribution in [1.29, 1.82) is 0 Å². The number of aromatic nitrogens is 2. The van der Waals surface area contributed by atoms with Gasteiger partial charge in [0.15, 0.2) is 0 Å². The van der Waals surface area contributed by atoms with Crippen LogP contribution in [0.4, 0.5) is 0 Å². The summed E-state index contributed by atoms with van der Waals surface area (Å²) >= 11 is 0. The quantitative estimate of drug-likeness (QED) is 0.619. The first kappa shape index (κ1) is 19.7.